The van der Waals surface area contributed by atoms with Crippen molar-refractivity contribution < 1.29 is 19.1 Å². The van der Waals surface area contributed by atoms with Crippen molar-refractivity contribution in [2.24, 2.45) is 4.99 Å². The number of imide groups is 1. The third kappa shape index (κ3) is 3.56. The van der Waals surface area contributed by atoms with E-state index in [4.69, 9.17) is 4.74 Å². The molecule has 0 N–H and O–H groups in total. The highest BCUT2D eigenvalue weighted by Crippen LogP contribution is 2.35. The molecule has 0 spiro atoms. The number of amides is 2. The number of para-hydroxylation sites is 1. The lowest BCUT2D eigenvalue weighted by atomic mass is 9.96. The zero-order valence-corrected chi connectivity index (χ0v) is 20.4. The van der Waals surface area contributed by atoms with Gasteiger partial charge in [0.1, 0.15) is 11.1 Å². The zero-order chi connectivity index (χ0) is 25.6. The maximum atomic E-state index is 14.0. The van der Waals surface area contributed by atoms with Crippen LogP contribution in [0.25, 0.3) is 5.57 Å². The average Bonchev–Trinajstić information content (AvgIpc) is 3.34. The molecule has 9 heteroatoms. The molecule has 0 aliphatic carbocycles. The lowest BCUT2D eigenvalue weighted by molar-refractivity contribution is -0.138. The van der Waals surface area contributed by atoms with E-state index < -0.39 is 29.4 Å². The Hall–Kier alpha value is -4.37. The number of benzene rings is 2. The van der Waals surface area contributed by atoms with Gasteiger partial charge in [0.25, 0.3) is 11.5 Å². The molecule has 0 bridgehead atoms. The van der Waals surface area contributed by atoms with Gasteiger partial charge in [0, 0.05) is 12.5 Å². The highest BCUT2D eigenvalue weighted by molar-refractivity contribution is 7.07. The second-order valence-electron chi connectivity index (χ2n) is 8.25. The molecule has 0 fully saturated rings. The van der Waals surface area contributed by atoms with E-state index in [9.17, 15) is 19.2 Å². The molecule has 0 unspecified atom stereocenters. The molecule has 180 valence electrons. The van der Waals surface area contributed by atoms with Gasteiger partial charge in [0.05, 0.1) is 28.6 Å². The van der Waals surface area contributed by atoms with Gasteiger partial charge >= 0.3 is 5.97 Å². The highest BCUT2D eigenvalue weighted by atomic mass is 32.1. The number of aromatic nitrogens is 1. The van der Waals surface area contributed by atoms with Gasteiger partial charge in [-0.3, -0.25) is 19.0 Å². The molecule has 36 heavy (non-hydrogen) atoms. The number of anilines is 1. The van der Waals surface area contributed by atoms with Crippen molar-refractivity contribution in [1.82, 2.24) is 4.57 Å². The van der Waals surface area contributed by atoms with Crippen molar-refractivity contribution >= 4 is 40.4 Å². The zero-order valence-electron chi connectivity index (χ0n) is 19.6. The third-order valence-electron chi connectivity index (χ3n) is 6.04. The van der Waals surface area contributed by atoms with E-state index in [0.717, 1.165) is 16.2 Å². The quantitative estimate of drug-likeness (QED) is 0.405. The van der Waals surface area contributed by atoms with E-state index >= 15 is 0 Å². The minimum atomic E-state index is -0.801. The first-order chi connectivity index (χ1) is 17.3. The number of ether oxygens (including phenoxy) is 1. The summed E-state index contributed by atoms with van der Waals surface area (Å²) in [6, 6.07) is 15.2. The smallest absolute Gasteiger partial charge is 0.338 e. The number of allylic oxidation sites excluding steroid dienone is 1. The molecule has 3 heterocycles. The Morgan fingerprint density at radius 1 is 1.11 bits per heavy atom. The predicted octanol–water partition coefficient (Wildman–Crippen LogP) is 2.23. The van der Waals surface area contributed by atoms with Crippen LogP contribution in [0.3, 0.4) is 0 Å². The molecule has 8 nitrogen and oxygen atoms in total. The molecule has 5 rings (SSSR count). The van der Waals surface area contributed by atoms with Crippen molar-refractivity contribution in [2.45, 2.75) is 19.9 Å². The number of esters is 1. The van der Waals surface area contributed by atoms with Crippen molar-refractivity contribution in [3.63, 3.8) is 0 Å². The van der Waals surface area contributed by atoms with Gasteiger partial charge in [-0.25, -0.2) is 14.7 Å². The van der Waals surface area contributed by atoms with Gasteiger partial charge in [-0.1, -0.05) is 72.5 Å². The summed E-state index contributed by atoms with van der Waals surface area (Å²) in [7, 11) is 0. The van der Waals surface area contributed by atoms with Gasteiger partial charge < -0.3 is 4.74 Å². The molecule has 0 saturated heterocycles. The highest BCUT2D eigenvalue weighted by Gasteiger charge is 2.38. The van der Waals surface area contributed by atoms with Gasteiger partial charge in [0.2, 0.25) is 5.91 Å². The van der Waals surface area contributed by atoms with Crippen LogP contribution < -0.4 is 19.8 Å². The predicted molar refractivity (Wildman–Crippen MR) is 135 cm³/mol. The van der Waals surface area contributed by atoms with Crippen LogP contribution in [0, 0.1) is 0 Å². The second-order valence-corrected chi connectivity index (χ2v) is 9.23. The Morgan fingerprint density at radius 3 is 2.50 bits per heavy atom. The maximum absolute atomic E-state index is 14.0. The van der Waals surface area contributed by atoms with Crippen molar-refractivity contribution in [3.8, 4) is 0 Å². The molecule has 2 aromatic carbocycles. The Bertz CT molecular complexity index is 1660. The van der Waals surface area contributed by atoms with Crippen LogP contribution in [-0.4, -0.2) is 29.0 Å². The SMILES string of the molecule is C=CCOC(=O)C1=C(C)N=c2s/c(=C3/C(=O)N(C(C)=O)c4ccccc43)c(=O)n2[C@@H]1c1ccccc1. The summed E-state index contributed by atoms with van der Waals surface area (Å²) < 4.78 is 6.91. The first kappa shape index (κ1) is 23.4. The number of hydrogen-bond acceptors (Lipinski definition) is 7. The standard InChI is InChI=1S/C27H21N3O5S/c1-4-14-35-26(34)20-15(2)28-27-30(22(20)17-10-6-5-7-11-17)25(33)23(36-27)21-18-12-8-9-13-19(18)29(16(3)31)24(21)32/h4-13,22H,1,14H2,2-3H3/b23-21+/t22-/m1/s1. The van der Waals surface area contributed by atoms with Crippen LogP contribution in [0.1, 0.15) is 31.0 Å². The normalized spacial score (nSPS) is 17.9. The van der Waals surface area contributed by atoms with E-state index in [-0.39, 0.29) is 22.3 Å². The summed E-state index contributed by atoms with van der Waals surface area (Å²) in [5, 5.41) is 0. The van der Waals surface area contributed by atoms with Gasteiger partial charge in [0.15, 0.2) is 4.80 Å². The summed E-state index contributed by atoms with van der Waals surface area (Å²) in [4.78, 5) is 58.7. The van der Waals surface area contributed by atoms with Gasteiger partial charge in [-0.2, -0.15) is 0 Å². The van der Waals surface area contributed by atoms with E-state index in [0.29, 0.717) is 27.3 Å². The van der Waals surface area contributed by atoms with E-state index in [1.54, 1.807) is 31.2 Å². The molecular weight excluding hydrogens is 478 g/mol. The van der Waals surface area contributed by atoms with Crippen molar-refractivity contribution in [2.75, 3.05) is 11.5 Å². The average molecular weight is 500 g/mol. The Morgan fingerprint density at radius 2 is 1.81 bits per heavy atom. The van der Waals surface area contributed by atoms with E-state index in [1.807, 2.05) is 30.3 Å². The Labute approximate surface area is 209 Å². The minimum Gasteiger partial charge on any atom is -0.458 e. The monoisotopic (exact) mass is 499 g/mol. The molecule has 2 aliphatic rings. The molecule has 1 aromatic heterocycles. The first-order valence-electron chi connectivity index (χ1n) is 11.2. The van der Waals surface area contributed by atoms with Crippen LogP contribution >= 0.6 is 11.3 Å². The van der Waals surface area contributed by atoms with Crippen LogP contribution in [-0.2, 0) is 19.1 Å². The number of rotatable bonds is 4. The summed E-state index contributed by atoms with van der Waals surface area (Å²) in [6.07, 6.45) is 1.46. The summed E-state index contributed by atoms with van der Waals surface area (Å²) >= 11 is 1.06. The van der Waals surface area contributed by atoms with Crippen molar-refractivity contribution in [1.29, 1.82) is 0 Å². The number of carbonyl (C=O) groups excluding carboxylic acids is 3. The summed E-state index contributed by atoms with van der Waals surface area (Å²) in [5.41, 5.74) is 1.94. The van der Waals surface area contributed by atoms with Crippen LogP contribution in [0.2, 0.25) is 0 Å². The Kier molecular flexibility index (Phi) is 5.85. The van der Waals surface area contributed by atoms with Gasteiger partial charge in [-0.15, -0.1) is 0 Å². The molecule has 1 atom stereocenters. The lowest BCUT2D eigenvalue weighted by Crippen LogP contribution is -2.41. The molecule has 2 aliphatic heterocycles. The number of nitrogens with zero attached hydrogens (tertiary/aromatic N) is 3. The summed E-state index contributed by atoms with van der Waals surface area (Å²) in [5.74, 6) is -1.61. The van der Waals surface area contributed by atoms with Gasteiger partial charge in [-0.05, 0) is 18.6 Å². The fourth-order valence-corrected chi connectivity index (χ4v) is 5.68. The number of thiazole rings is 1. The van der Waals surface area contributed by atoms with Crippen LogP contribution in [0.15, 0.2) is 88.3 Å². The first-order valence-corrected chi connectivity index (χ1v) is 12.0. The fraction of sp³-hybridized carbons (Fsp3) is 0.148. The third-order valence-corrected chi connectivity index (χ3v) is 7.09. The van der Waals surface area contributed by atoms with Crippen LogP contribution in [0.4, 0.5) is 5.69 Å². The molecule has 0 radical (unpaired) electrons. The molecule has 0 saturated carbocycles. The Balaban J connectivity index is 1.81. The van der Waals surface area contributed by atoms with E-state index in [1.165, 1.54) is 17.6 Å². The lowest BCUT2D eigenvalue weighted by Gasteiger charge is -2.24. The largest absolute Gasteiger partial charge is 0.458 e. The van der Waals surface area contributed by atoms with Crippen molar-refractivity contribution in [3.05, 3.63) is 109 Å². The fourth-order valence-electron chi connectivity index (χ4n) is 4.54. The summed E-state index contributed by atoms with van der Waals surface area (Å²) in [6.45, 7) is 6.59. The molecule has 2 amide bonds. The molecular formula is C27H21N3O5S. The molecule has 3 aromatic rings. The number of carbonyl (C=O) groups is 3. The number of hydrogen-bond donors (Lipinski definition) is 0. The maximum Gasteiger partial charge on any atom is 0.338 e. The second kappa shape index (κ2) is 9.01. The van der Waals surface area contributed by atoms with E-state index in [2.05, 4.69) is 11.6 Å². The topological polar surface area (TPSA) is 98.0 Å². The van der Waals surface area contributed by atoms with Crippen LogP contribution in [0.5, 0.6) is 0 Å². The minimum absolute atomic E-state index is 0.0118. The number of fused-ring (bicyclic) bond motifs is 2.